The average Bonchev–Trinajstić information content (AvgIpc) is 2.93. The van der Waals surface area contributed by atoms with Gasteiger partial charge in [0.15, 0.2) is 9.84 Å². The molecule has 3 atom stereocenters. The lowest BCUT2D eigenvalue weighted by Crippen LogP contribution is -2.39. The van der Waals surface area contributed by atoms with E-state index in [4.69, 9.17) is 5.73 Å². The molecule has 3 unspecified atom stereocenters. The summed E-state index contributed by atoms with van der Waals surface area (Å²) in [6.45, 7) is 2.91. The van der Waals surface area contributed by atoms with Crippen molar-refractivity contribution in [1.29, 1.82) is 0 Å². The van der Waals surface area contributed by atoms with Crippen molar-refractivity contribution in [2.75, 3.05) is 19.8 Å². The van der Waals surface area contributed by atoms with Gasteiger partial charge in [0, 0.05) is 18.3 Å². The molecular formula is C16H26N2O2S. The minimum atomic E-state index is -3.12. The van der Waals surface area contributed by atoms with Crippen molar-refractivity contribution >= 4 is 9.84 Å². The Morgan fingerprint density at radius 1 is 1.29 bits per heavy atom. The van der Waals surface area contributed by atoms with Gasteiger partial charge in [-0.2, -0.15) is 0 Å². The van der Waals surface area contributed by atoms with Crippen LogP contribution in [0.2, 0.25) is 0 Å². The quantitative estimate of drug-likeness (QED) is 0.905. The summed E-state index contributed by atoms with van der Waals surface area (Å²) in [5.41, 5.74) is 7.02. The molecule has 0 radical (unpaired) electrons. The van der Waals surface area contributed by atoms with Gasteiger partial charge in [-0.1, -0.05) is 18.6 Å². The molecule has 1 aromatic carbocycles. The molecule has 0 bridgehead atoms. The zero-order chi connectivity index (χ0) is 15.6. The predicted octanol–water partition coefficient (Wildman–Crippen LogP) is 2.21. The normalized spacial score (nSPS) is 24.4. The van der Waals surface area contributed by atoms with Gasteiger partial charge in [0.1, 0.15) is 0 Å². The molecule has 5 heteroatoms. The molecule has 1 aromatic rings. The van der Waals surface area contributed by atoms with Crippen LogP contribution in [-0.2, 0) is 9.84 Å². The molecule has 0 amide bonds. The van der Waals surface area contributed by atoms with Crippen molar-refractivity contribution in [3.63, 3.8) is 0 Å². The van der Waals surface area contributed by atoms with Crippen LogP contribution in [-0.4, -0.2) is 39.2 Å². The zero-order valence-electron chi connectivity index (χ0n) is 13.1. The molecule has 0 aromatic heterocycles. The Morgan fingerprint density at radius 2 is 1.90 bits per heavy atom. The van der Waals surface area contributed by atoms with E-state index < -0.39 is 9.84 Å². The molecule has 4 nitrogen and oxygen atoms in total. The van der Waals surface area contributed by atoms with E-state index in [0.29, 0.717) is 16.9 Å². The average molecular weight is 310 g/mol. The molecular weight excluding hydrogens is 284 g/mol. The Bertz CT molecular complexity index is 568. The van der Waals surface area contributed by atoms with Crippen molar-refractivity contribution < 1.29 is 8.42 Å². The van der Waals surface area contributed by atoms with E-state index >= 15 is 0 Å². The summed E-state index contributed by atoms with van der Waals surface area (Å²) in [7, 11) is -0.977. The molecule has 0 saturated heterocycles. The van der Waals surface area contributed by atoms with Gasteiger partial charge < -0.3 is 5.73 Å². The Balaban J connectivity index is 2.14. The molecule has 1 saturated carbocycles. The SMILES string of the molecule is CC(c1ccc(S(C)(=O)=O)cc1)N(C)C1CCCC1CN. The Morgan fingerprint density at radius 3 is 2.43 bits per heavy atom. The number of rotatable bonds is 5. The number of hydrogen-bond acceptors (Lipinski definition) is 4. The topological polar surface area (TPSA) is 63.4 Å². The van der Waals surface area contributed by atoms with E-state index in [-0.39, 0.29) is 6.04 Å². The minimum absolute atomic E-state index is 0.260. The molecule has 1 aliphatic rings. The van der Waals surface area contributed by atoms with Crippen LogP contribution in [0.4, 0.5) is 0 Å². The lowest BCUT2D eigenvalue weighted by atomic mass is 9.99. The van der Waals surface area contributed by atoms with Gasteiger partial charge >= 0.3 is 0 Å². The molecule has 2 N–H and O–H groups in total. The van der Waals surface area contributed by atoms with Crippen LogP contribution >= 0.6 is 0 Å². The van der Waals surface area contributed by atoms with E-state index in [1.54, 1.807) is 12.1 Å². The fourth-order valence-electron chi connectivity index (χ4n) is 3.34. The van der Waals surface area contributed by atoms with Gasteiger partial charge in [-0.05, 0) is 57.0 Å². The van der Waals surface area contributed by atoms with Gasteiger partial charge in [0.05, 0.1) is 4.90 Å². The Labute approximate surface area is 128 Å². The lowest BCUT2D eigenvalue weighted by molar-refractivity contribution is 0.152. The zero-order valence-corrected chi connectivity index (χ0v) is 13.9. The molecule has 118 valence electrons. The maximum absolute atomic E-state index is 11.5. The molecule has 1 aliphatic carbocycles. The van der Waals surface area contributed by atoms with E-state index in [2.05, 4.69) is 18.9 Å². The smallest absolute Gasteiger partial charge is 0.175 e. The molecule has 0 aliphatic heterocycles. The number of nitrogens with zero attached hydrogens (tertiary/aromatic N) is 1. The van der Waals surface area contributed by atoms with E-state index in [9.17, 15) is 8.42 Å². The third-order valence-electron chi connectivity index (χ3n) is 4.85. The summed E-state index contributed by atoms with van der Waals surface area (Å²) < 4.78 is 23.0. The van der Waals surface area contributed by atoms with Crippen molar-refractivity contribution in [1.82, 2.24) is 4.90 Å². The first-order valence-electron chi connectivity index (χ1n) is 7.56. The lowest BCUT2D eigenvalue weighted by Gasteiger charge is -2.34. The first kappa shape index (κ1) is 16.5. The summed E-state index contributed by atoms with van der Waals surface area (Å²) in [5.74, 6) is 0.577. The van der Waals surface area contributed by atoms with Crippen molar-refractivity contribution in [2.45, 2.75) is 43.2 Å². The highest BCUT2D eigenvalue weighted by atomic mass is 32.2. The maximum Gasteiger partial charge on any atom is 0.175 e. The summed E-state index contributed by atoms with van der Waals surface area (Å²) in [6, 6.07) is 8.03. The number of hydrogen-bond donors (Lipinski definition) is 1. The van der Waals surface area contributed by atoms with Crippen molar-refractivity contribution in [3.8, 4) is 0 Å². The summed E-state index contributed by atoms with van der Waals surface area (Å²) in [6.07, 6.45) is 4.90. The standard InChI is InChI=1S/C16H26N2O2S/c1-12(18(2)16-6-4-5-14(16)11-17)13-7-9-15(10-8-13)21(3,19)20/h7-10,12,14,16H,4-6,11,17H2,1-3H3. The van der Waals surface area contributed by atoms with Gasteiger partial charge in [-0.15, -0.1) is 0 Å². The summed E-state index contributed by atoms with van der Waals surface area (Å²) >= 11 is 0. The largest absolute Gasteiger partial charge is 0.330 e. The highest BCUT2D eigenvalue weighted by molar-refractivity contribution is 7.90. The summed E-state index contributed by atoms with van der Waals surface area (Å²) in [4.78, 5) is 2.77. The second kappa shape index (κ2) is 6.46. The monoisotopic (exact) mass is 310 g/mol. The number of nitrogens with two attached hydrogens (primary N) is 1. The molecule has 0 spiro atoms. The molecule has 0 heterocycles. The Kier molecular flexibility index (Phi) is 5.07. The van der Waals surface area contributed by atoms with E-state index in [1.807, 2.05) is 12.1 Å². The van der Waals surface area contributed by atoms with Crippen LogP contribution in [0.1, 0.15) is 37.8 Å². The first-order chi connectivity index (χ1) is 9.84. The highest BCUT2D eigenvalue weighted by Crippen LogP contribution is 2.33. The van der Waals surface area contributed by atoms with Crippen LogP contribution in [0, 0.1) is 5.92 Å². The maximum atomic E-state index is 11.5. The summed E-state index contributed by atoms with van der Waals surface area (Å²) in [5, 5.41) is 0. The predicted molar refractivity (Wildman–Crippen MR) is 85.9 cm³/mol. The second-order valence-corrected chi connectivity index (χ2v) is 8.19. The van der Waals surface area contributed by atoms with Crippen LogP contribution < -0.4 is 5.73 Å². The van der Waals surface area contributed by atoms with E-state index in [0.717, 1.165) is 12.1 Å². The van der Waals surface area contributed by atoms with Gasteiger partial charge in [0.2, 0.25) is 0 Å². The second-order valence-electron chi connectivity index (χ2n) is 6.18. The van der Waals surface area contributed by atoms with Crippen molar-refractivity contribution in [3.05, 3.63) is 29.8 Å². The molecule has 21 heavy (non-hydrogen) atoms. The third-order valence-corrected chi connectivity index (χ3v) is 5.97. The van der Waals surface area contributed by atoms with E-state index in [1.165, 1.54) is 25.5 Å². The van der Waals surface area contributed by atoms with Crippen molar-refractivity contribution in [2.24, 2.45) is 11.7 Å². The van der Waals surface area contributed by atoms with Crippen LogP contribution in [0.25, 0.3) is 0 Å². The van der Waals surface area contributed by atoms with Crippen LogP contribution in [0.5, 0.6) is 0 Å². The fourth-order valence-corrected chi connectivity index (χ4v) is 3.97. The number of sulfone groups is 1. The van der Waals surface area contributed by atoms with Gasteiger partial charge in [-0.3, -0.25) is 4.90 Å². The van der Waals surface area contributed by atoms with Crippen LogP contribution in [0.15, 0.2) is 29.2 Å². The Hall–Kier alpha value is -0.910. The number of benzene rings is 1. The minimum Gasteiger partial charge on any atom is -0.330 e. The highest BCUT2D eigenvalue weighted by Gasteiger charge is 2.31. The first-order valence-corrected chi connectivity index (χ1v) is 9.45. The van der Waals surface area contributed by atoms with Gasteiger partial charge in [0.25, 0.3) is 0 Å². The van der Waals surface area contributed by atoms with Gasteiger partial charge in [-0.25, -0.2) is 8.42 Å². The third kappa shape index (κ3) is 3.65. The molecule has 2 rings (SSSR count). The van der Waals surface area contributed by atoms with Crippen LogP contribution in [0.3, 0.4) is 0 Å². The fraction of sp³-hybridized carbons (Fsp3) is 0.625. The molecule has 1 fully saturated rings.